The van der Waals surface area contributed by atoms with Crippen molar-refractivity contribution in [1.29, 1.82) is 0 Å². The highest BCUT2D eigenvalue weighted by Crippen LogP contribution is 2.42. The molecule has 3 saturated heterocycles. The molecule has 1 aliphatic carbocycles. The average molecular weight is 438 g/mol. The van der Waals surface area contributed by atoms with Crippen molar-refractivity contribution < 1.29 is 18.0 Å². The van der Waals surface area contributed by atoms with Crippen LogP contribution in [0.2, 0.25) is 0 Å². The number of nitrogens with one attached hydrogen (secondary N) is 3. The zero-order valence-corrected chi connectivity index (χ0v) is 17.5. The number of hydrogen-bond acceptors (Lipinski definition) is 5. The van der Waals surface area contributed by atoms with Crippen molar-refractivity contribution in [1.82, 2.24) is 26.0 Å². The van der Waals surface area contributed by atoms with Gasteiger partial charge in [0.2, 0.25) is 0 Å². The fourth-order valence-electron chi connectivity index (χ4n) is 5.85. The predicted octanol–water partition coefficient (Wildman–Crippen LogP) is 1.66. The van der Waals surface area contributed by atoms with Crippen LogP contribution in [0.5, 0.6) is 0 Å². The van der Waals surface area contributed by atoms with Crippen LogP contribution in [0.4, 0.5) is 13.2 Å². The quantitative estimate of drug-likeness (QED) is 0.586. The third-order valence-corrected chi connectivity index (χ3v) is 7.83. The van der Waals surface area contributed by atoms with Gasteiger partial charge in [-0.1, -0.05) is 12.8 Å². The summed E-state index contributed by atoms with van der Waals surface area (Å²) in [5.41, 5.74) is 5.46. The Morgan fingerprint density at radius 1 is 1.17 bits per heavy atom. The fraction of sp³-hybridized carbons (Fsp3) is 0.947. The van der Waals surface area contributed by atoms with Gasteiger partial charge in [-0.05, 0) is 32.1 Å². The number of carbonyl (C=O) groups is 1. The van der Waals surface area contributed by atoms with Crippen molar-refractivity contribution in [2.45, 2.75) is 74.9 Å². The van der Waals surface area contributed by atoms with Crippen LogP contribution in [0, 0.1) is 11.8 Å². The average Bonchev–Trinajstić information content (AvgIpc) is 2.98. The lowest BCUT2D eigenvalue weighted by molar-refractivity contribution is -0.198. The number of hydrogen-bond donors (Lipinski definition) is 3. The van der Waals surface area contributed by atoms with Gasteiger partial charge in [0.25, 0.3) is 5.91 Å². The number of alkyl halides is 4. The van der Waals surface area contributed by atoms with E-state index in [1.807, 2.05) is 6.92 Å². The molecule has 10 heteroatoms. The molecule has 3 aliphatic heterocycles. The van der Waals surface area contributed by atoms with E-state index in [-0.39, 0.29) is 42.5 Å². The summed E-state index contributed by atoms with van der Waals surface area (Å²) in [5.74, 6) is -1.70. The lowest BCUT2D eigenvalue weighted by atomic mass is 9.78. The molecule has 7 unspecified atom stereocenters. The second kappa shape index (κ2) is 8.49. The van der Waals surface area contributed by atoms with Crippen molar-refractivity contribution in [2.75, 3.05) is 26.2 Å². The number of hydrazine groups is 1. The standard InChI is InChI=1S/C19H31ClF3N5O/c1-11-25-14-10-27(16-8-24-26-18(29)17(16)20)7-6-15(14)28(11)9-12-4-2-3-5-13(12)19(21,22)23/h11-17,24-25H,2-10H2,1H3,(H,26,29). The maximum Gasteiger partial charge on any atom is 0.392 e. The zero-order chi connectivity index (χ0) is 20.8. The largest absolute Gasteiger partial charge is 0.392 e. The molecule has 0 aromatic heterocycles. The molecule has 0 spiro atoms. The fourth-order valence-corrected chi connectivity index (χ4v) is 6.15. The second-order valence-electron chi connectivity index (χ2n) is 9.03. The monoisotopic (exact) mass is 437 g/mol. The highest BCUT2D eigenvalue weighted by atomic mass is 35.5. The van der Waals surface area contributed by atoms with Gasteiger partial charge in [-0.15, -0.1) is 11.6 Å². The first-order valence-electron chi connectivity index (χ1n) is 10.7. The van der Waals surface area contributed by atoms with E-state index >= 15 is 0 Å². The molecule has 7 atom stereocenters. The number of rotatable bonds is 3. The van der Waals surface area contributed by atoms with Crippen molar-refractivity contribution >= 4 is 17.5 Å². The van der Waals surface area contributed by atoms with Crippen LogP contribution < -0.4 is 16.2 Å². The van der Waals surface area contributed by atoms with E-state index in [1.165, 1.54) is 0 Å². The zero-order valence-electron chi connectivity index (χ0n) is 16.7. The Hall–Kier alpha value is -0.610. The topological polar surface area (TPSA) is 59.6 Å². The van der Waals surface area contributed by atoms with E-state index in [2.05, 4.69) is 26.0 Å². The van der Waals surface area contributed by atoms with Crippen LogP contribution in [-0.4, -0.2) is 77.7 Å². The molecule has 166 valence electrons. The van der Waals surface area contributed by atoms with E-state index in [4.69, 9.17) is 11.6 Å². The van der Waals surface area contributed by atoms with Crippen LogP contribution in [0.15, 0.2) is 0 Å². The minimum atomic E-state index is -4.10. The van der Waals surface area contributed by atoms with Crippen molar-refractivity contribution in [2.24, 2.45) is 11.8 Å². The third-order valence-electron chi connectivity index (χ3n) is 7.34. The van der Waals surface area contributed by atoms with Crippen molar-refractivity contribution in [3.63, 3.8) is 0 Å². The van der Waals surface area contributed by atoms with Crippen LogP contribution in [-0.2, 0) is 4.79 Å². The van der Waals surface area contributed by atoms with Gasteiger partial charge in [-0.2, -0.15) is 13.2 Å². The van der Waals surface area contributed by atoms with Gasteiger partial charge >= 0.3 is 6.18 Å². The van der Waals surface area contributed by atoms with Crippen LogP contribution in [0.25, 0.3) is 0 Å². The summed E-state index contributed by atoms with van der Waals surface area (Å²) >= 11 is 6.32. The first-order chi connectivity index (χ1) is 13.8. The van der Waals surface area contributed by atoms with Gasteiger partial charge < -0.3 is 0 Å². The number of piperidine rings is 1. The summed E-state index contributed by atoms with van der Waals surface area (Å²) in [6, 6.07) is 0.335. The summed E-state index contributed by atoms with van der Waals surface area (Å²) in [7, 11) is 0. The normalized spacial score (nSPS) is 42.5. The molecule has 4 rings (SSSR count). The SMILES string of the molecule is CC1NC2CN(C3CNNC(=O)C3Cl)CCC2N1CC1CCCCC1C(F)(F)F. The Kier molecular flexibility index (Phi) is 6.33. The Balaban J connectivity index is 1.40. The molecule has 4 fully saturated rings. The molecule has 0 radical (unpaired) electrons. The molecule has 29 heavy (non-hydrogen) atoms. The highest BCUT2D eigenvalue weighted by Gasteiger charge is 2.49. The Morgan fingerprint density at radius 3 is 2.69 bits per heavy atom. The first kappa shape index (κ1) is 21.6. The molecule has 0 aromatic carbocycles. The molecular formula is C19H31ClF3N5O. The minimum Gasteiger partial charge on any atom is -0.296 e. The van der Waals surface area contributed by atoms with E-state index < -0.39 is 17.5 Å². The Bertz CT molecular complexity index is 609. The number of halogens is 4. The highest BCUT2D eigenvalue weighted by molar-refractivity contribution is 6.31. The van der Waals surface area contributed by atoms with E-state index in [1.54, 1.807) is 0 Å². The summed E-state index contributed by atoms with van der Waals surface area (Å²) in [6.07, 6.45) is -0.685. The van der Waals surface area contributed by atoms with Crippen molar-refractivity contribution in [3.05, 3.63) is 0 Å². The van der Waals surface area contributed by atoms with E-state index in [9.17, 15) is 18.0 Å². The summed E-state index contributed by atoms with van der Waals surface area (Å²) < 4.78 is 40.6. The maximum absolute atomic E-state index is 13.5. The molecule has 1 amide bonds. The summed E-state index contributed by atoms with van der Waals surface area (Å²) in [5, 5.41) is 2.98. The van der Waals surface area contributed by atoms with Crippen LogP contribution in [0.3, 0.4) is 0 Å². The number of amides is 1. The van der Waals surface area contributed by atoms with Gasteiger partial charge in [-0.25, -0.2) is 5.43 Å². The lowest BCUT2D eigenvalue weighted by Gasteiger charge is -2.44. The molecule has 0 bridgehead atoms. The number of fused-ring (bicyclic) bond motifs is 1. The second-order valence-corrected chi connectivity index (χ2v) is 9.50. The number of nitrogens with zero attached hydrogens (tertiary/aromatic N) is 2. The van der Waals surface area contributed by atoms with Gasteiger partial charge in [0, 0.05) is 44.3 Å². The minimum absolute atomic E-state index is 0.0559. The van der Waals surface area contributed by atoms with Crippen molar-refractivity contribution in [3.8, 4) is 0 Å². The van der Waals surface area contributed by atoms with Gasteiger partial charge in [0.1, 0.15) is 5.38 Å². The van der Waals surface area contributed by atoms with Crippen LogP contribution >= 0.6 is 11.6 Å². The molecule has 6 nitrogen and oxygen atoms in total. The molecule has 3 N–H and O–H groups in total. The summed E-state index contributed by atoms with van der Waals surface area (Å²) in [4.78, 5) is 16.4. The number of likely N-dealkylation sites (tertiary alicyclic amines) is 1. The maximum atomic E-state index is 13.5. The van der Waals surface area contributed by atoms with Gasteiger partial charge in [0.05, 0.1) is 12.1 Å². The van der Waals surface area contributed by atoms with E-state index in [0.29, 0.717) is 25.9 Å². The van der Waals surface area contributed by atoms with Gasteiger partial charge in [-0.3, -0.25) is 25.3 Å². The molecule has 3 heterocycles. The lowest BCUT2D eigenvalue weighted by Crippen LogP contribution is -2.65. The van der Waals surface area contributed by atoms with E-state index in [0.717, 1.165) is 25.9 Å². The third kappa shape index (κ3) is 4.39. The first-order valence-corrected chi connectivity index (χ1v) is 11.2. The Morgan fingerprint density at radius 2 is 1.93 bits per heavy atom. The number of carbonyl (C=O) groups excluding carboxylic acids is 1. The Labute approximate surface area is 174 Å². The molecule has 4 aliphatic rings. The summed E-state index contributed by atoms with van der Waals surface area (Å²) in [6.45, 7) is 4.69. The predicted molar refractivity (Wildman–Crippen MR) is 104 cm³/mol. The molecule has 0 aromatic rings. The van der Waals surface area contributed by atoms with Gasteiger partial charge in [0.15, 0.2) is 0 Å². The van der Waals surface area contributed by atoms with Crippen LogP contribution in [0.1, 0.15) is 39.0 Å². The molecular weight excluding hydrogens is 407 g/mol. The molecule has 1 saturated carbocycles. The smallest absolute Gasteiger partial charge is 0.296 e.